The van der Waals surface area contributed by atoms with Crippen molar-refractivity contribution in [3.8, 4) is 0 Å². The molecule has 2 aromatic rings. The number of rotatable bonds is 18. The molecule has 4 amide bonds. The van der Waals surface area contributed by atoms with Crippen molar-refractivity contribution in [2.24, 2.45) is 16.6 Å². The lowest BCUT2D eigenvalue weighted by molar-refractivity contribution is -0.163. The Morgan fingerprint density at radius 1 is 0.935 bits per heavy atom. The molecule has 2 aromatic carbocycles. The van der Waals surface area contributed by atoms with Crippen LogP contribution in [0.25, 0.3) is 5.57 Å². The summed E-state index contributed by atoms with van der Waals surface area (Å²) in [5, 5.41) is 5.68. The quantitative estimate of drug-likeness (QED) is 0.0718. The number of benzene rings is 2. The van der Waals surface area contributed by atoms with Crippen LogP contribution >= 0.6 is 7.60 Å². The molecule has 0 aliphatic carbocycles. The Morgan fingerprint density at radius 2 is 1.50 bits per heavy atom. The fourth-order valence-electron chi connectivity index (χ4n) is 6.66. The van der Waals surface area contributed by atoms with Gasteiger partial charge in [-0.25, -0.2) is 0 Å². The van der Waals surface area contributed by atoms with Crippen molar-refractivity contribution in [1.29, 1.82) is 0 Å². The number of hydrogen-bond acceptors (Lipinski definition) is 12. The lowest BCUT2D eigenvalue weighted by Gasteiger charge is -2.30. The molecule has 2 aliphatic rings. The molecule has 0 saturated heterocycles. The van der Waals surface area contributed by atoms with E-state index in [0.29, 0.717) is 23.2 Å². The van der Waals surface area contributed by atoms with Crippen molar-refractivity contribution in [2.45, 2.75) is 117 Å². The highest BCUT2D eigenvalue weighted by Gasteiger charge is 2.56. The van der Waals surface area contributed by atoms with Gasteiger partial charge in [0.25, 0.3) is 0 Å². The molecule has 19 heteroatoms. The predicted octanol–water partition coefficient (Wildman–Crippen LogP) is 5.63. The Labute approximate surface area is 360 Å². The van der Waals surface area contributed by atoms with Gasteiger partial charge in [0.15, 0.2) is 0 Å². The normalized spacial score (nSPS) is 18.0. The highest BCUT2D eigenvalue weighted by Crippen LogP contribution is 2.67. The number of hydrogen-bond donors (Lipinski definition) is 3. The van der Waals surface area contributed by atoms with Gasteiger partial charge < -0.3 is 30.6 Å². The third kappa shape index (κ3) is 11.9. The maximum absolute atomic E-state index is 16.1. The van der Waals surface area contributed by atoms with Crippen molar-refractivity contribution in [1.82, 2.24) is 10.6 Å². The second-order valence-electron chi connectivity index (χ2n) is 17.3. The van der Waals surface area contributed by atoms with E-state index in [1.54, 1.807) is 13.8 Å². The Kier molecular flexibility index (Phi) is 16.0. The van der Waals surface area contributed by atoms with E-state index in [1.165, 1.54) is 71.8 Å². The molecule has 4 N–H and O–H groups in total. The number of ether oxygens (including phenoxy) is 3. The molecule has 0 saturated carbocycles. The molecule has 4 atom stereocenters. The van der Waals surface area contributed by atoms with E-state index in [-0.39, 0.29) is 25.7 Å². The van der Waals surface area contributed by atoms with Crippen LogP contribution < -0.4 is 21.3 Å². The van der Waals surface area contributed by atoms with Gasteiger partial charge in [0, 0.05) is 31.6 Å². The highest BCUT2D eigenvalue weighted by molar-refractivity contribution is 7.54. The molecule has 62 heavy (non-hydrogen) atoms. The van der Waals surface area contributed by atoms with E-state index >= 15 is 8.78 Å². The molecule has 0 bridgehead atoms. The molecular formula is C43H57F2N4O12P. The average Bonchev–Trinajstić information content (AvgIpc) is 3.53. The number of aryl methyl sites for hydroxylation is 1. The zero-order valence-corrected chi connectivity index (χ0v) is 37.4. The summed E-state index contributed by atoms with van der Waals surface area (Å²) >= 11 is 0. The number of amides is 4. The van der Waals surface area contributed by atoms with Crippen LogP contribution in [0.2, 0.25) is 0 Å². The number of nitrogens with zero attached hydrogens (tertiary/aromatic N) is 1. The molecule has 2 aliphatic heterocycles. The molecule has 2 heterocycles. The number of primary amides is 1. The van der Waals surface area contributed by atoms with Gasteiger partial charge in [-0.15, -0.1) is 0 Å². The third-order valence-electron chi connectivity index (χ3n) is 10.4. The third-order valence-corrected chi connectivity index (χ3v) is 12.3. The van der Waals surface area contributed by atoms with Gasteiger partial charge in [-0.2, -0.15) is 8.78 Å². The van der Waals surface area contributed by atoms with Gasteiger partial charge in [-0.3, -0.25) is 47.3 Å². The number of anilines is 1. The number of carbonyl (C=O) groups excluding carboxylic acids is 6. The first-order chi connectivity index (χ1) is 28.8. The van der Waals surface area contributed by atoms with Crippen molar-refractivity contribution in [3.05, 3.63) is 70.8 Å². The lowest BCUT2D eigenvalue weighted by atomic mass is 9.98. The van der Waals surface area contributed by atoms with Crippen LogP contribution in [0.3, 0.4) is 0 Å². The van der Waals surface area contributed by atoms with Crippen molar-refractivity contribution < 1.29 is 65.4 Å². The Balaban J connectivity index is 1.51. The van der Waals surface area contributed by atoms with Crippen LogP contribution in [0.4, 0.5) is 14.5 Å². The number of nitrogens with two attached hydrogens (primary N) is 1. The Hall–Kier alpha value is -5.03. The first kappa shape index (κ1) is 49.6. The second-order valence-corrected chi connectivity index (χ2v) is 19.4. The summed E-state index contributed by atoms with van der Waals surface area (Å²) in [5.41, 5.74) is 0.989. The van der Waals surface area contributed by atoms with Gasteiger partial charge in [-0.1, -0.05) is 42.5 Å². The van der Waals surface area contributed by atoms with E-state index in [2.05, 4.69) is 10.6 Å². The Morgan fingerprint density at radius 3 is 2.03 bits per heavy atom. The summed E-state index contributed by atoms with van der Waals surface area (Å²) < 4.78 is 70.9. The first-order valence-corrected chi connectivity index (χ1v) is 21.6. The highest BCUT2D eigenvalue weighted by atomic mass is 31.2. The van der Waals surface area contributed by atoms with Crippen LogP contribution in [0, 0.1) is 10.8 Å². The predicted molar refractivity (Wildman–Crippen MR) is 223 cm³/mol. The first-order valence-electron chi connectivity index (χ1n) is 20.1. The topological polar surface area (TPSA) is 219 Å². The number of methoxy groups -OCH3 is 1. The molecule has 0 unspecified atom stereocenters. The molecule has 0 spiro atoms. The molecule has 16 nitrogen and oxygen atoms in total. The van der Waals surface area contributed by atoms with Crippen LogP contribution in [0.15, 0.2) is 48.5 Å². The van der Waals surface area contributed by atoms with Crippen LogP contribution in [0.5, 0.6) is 0 Å². The van der Waals surface area contributed by atoms with Crippen molar-refractivity contribution >= 4 is 54.4 Å². The molecule has 340 valence electrons. The summed E-state index contributed by atoms with van der Waals surface area (Å²) in [5.74, 6) is -3.81. The summed E-state index contributed by atoms with van der Waals surface area (Å²) in [6.45, 7) is 10.1. The average molecular weight is 891 g/mol. The fourth-order valence-corrected chi connectivity index (χ4v) is 7.90. The van der Waals surface area contributed by atoms with E-state index in [4.69, 9.17) is 29.0 Å². The van der Waals surface area contributed by atoms with Crippen LogP contribution in [-0.2, 0) is 75.1 Å². The number of alkyl halides is 2. The van der Waals surface area contributed by atoms with E-state index < -0.39 is 103 Å². The zero-order chi connectivity index (χ0) is 46.4. The fraction of sp³-hybridized carbons (Fsp3) is 0.535. The molecule has 0 radical (unpaired) electrons. The van der Waals surface area contributed by atoms with E-state index in [0.717, 1.165) is 23.3 Å². The van der Waals surface area contributed by atoms with Crippen LogP contribution in [0.1, 0.15) is 96.9 Å². The van der Waals surface area contributed by atoms with Crippen molar-refractivity contribution in [3.63, 3.8) is 0 Å². The lowest BCUT2D eigenvalue weighted by Crippen LogP contribution is -2.56. The number of esters is 2. The maximum atomic E-state index is 16.1. The zero-order valence-electron chi connectivity index (χ0n) is 36.5. The number of para-hydroxylation sites is 1. The minimum Gasteiger partial charge on any atom is -0.438 e. The smallest absolute Gasteiger partial charge is 0.410 e. The molecular weight excluding hydrogens is 833 g/mol. The molecule has 4 rings (SSSR count). The Bertz CT molecular complexity index is 2060. The van der Waals surface area contributed by atoms with Gasteiger partial charge in [-0.05, 0) is 96.9 Å². The maximum Gasteiger partial charge on any atom is 0.410 e. The van der Waals surface area contributed by atoms with Gasteiger partial charge in [0.1, 0.15) is 12.1 Å². The minimum atomic E-state index is -5.56. The molecule has 0 aromatic heterocycles. The molecule has 0 fully saturated rings. The number of halogens is 2. The second kappa shape index (κ2) is 20.0. The number of allylic oxidation sites excluding steroid dienone is 1. The van der Waals surface area contributed by atoms with Gasteiger partial charge >= 0.3 is 25.2 Å². The summed E-state index contributed by atoms with van der Waals surface area (Å²) in [6, 6.07) is 7.37. The standard InChI is InChI=1S/C43H57F2N4O12P/c1-25(27-13-16-30(17-14-27)43(44,45)62(56,60-23-58-39(54)41(3,4)5)61-24-59-40(55)42(6,7)8)21-35(51)47-32-18-15-28-11-10-12-29-22-33(49(36(28)29)38(32)53)37(52)48-31(26(2)57-9)19-20-34(46)50/h10-14,16-17,21,26,31-33H,15,18-20,22-24H2,1-9H3,(H2,46,50)(H,47,51)(H,48,52)/b25-21+/t26-,31+,32+,33+/m1/s1. The largest absolute Gasteiger partial charge is 0.438 e. The summed E-state index contributed by atoms with van der Waals surface area (Å²) in [4.78, 5) is 79.0. The number of nitrogens with one attached hydrogen (secondary N) is 2. The van der Waals surface area contributed by atoms with Gasteiger partial charge in [0.2, 0.25) is 37.2 Å². The monoisotopic (exact) mass is 890 g/mol. The van der Waals surface area contributed by atoms with Gasteiger partial charge in [0.05, 0.1) is 28.7 Å². The SMILES string of the molecule is CO[C@H](C)[C@H](CCC(N)=O)NC(=O)[C@@H]1Cc2cccc3c2N1C(=O)[C@@H](NC(=O)/C=C(\C)c1ccc(C(F)(F)P(=O)(OCOC(=O)C(C)(C)C)OCOC(=O)C(C)(C)C)cc1)CC3. The summed E-state index contributed by atoms with van der Waals surface area (Å²) in [6.07, 6.45) is 1.82. The van der Waals surface area contributed by atoms with E-state index in [9.17, 15) is 33.3 Å². The van der Waals surface area contributed by atoms with Crippen molar-refractivity contribution in [2.75, 3.05) is 25.6 Å². The summed E-state index contributed by atoms with van der Waals surface area (Å²) in [7, 11) is -4.08. The minimum absolute atomic E-state index is 0.00974. The van der Waals surface area contributed by atoms with E-state index in [1.807, 2.05) is 18.2 Å². The van der Waals surface area contributed by atoms with Crippen LogP contribution in [-0.4, -0.2) is 80.5 Å². The number of carbonyl (C=O) groups is 6.